The van der Waals surface area contributed by atoms with Gasteiger partial charge >= 0.3 is 0 Å². The van der Waals surface area contributed by atoms with Crippen LogP contribution in [0.25, 0.3) is 0 Å². The Morgan fingerprint density at radius 2 is 2.12 bits per heavy atom. The lowest BCUT2D eigenvalue weighted by Gasteiger charge is -2.16. The third kappa shape index (κ3) is 3.70. The molecule has 1 heterocycles. The molecule has 90 valence electrons. The lowest BCUT2D eigenvalue weighted by atomic mass is 10.2. The maximum absolute atomic E-state index is 5.25. The third-order valence-electron chi connectivity index (χ3n) is 2.36. The van der Waals surface area contributed by atoms with Crippen LogP contribution in [0.1, 0.15) is 19.0 Å². The Labute approximate surface area is 97.0 Å². The summed E-state index contributed by atoms with van der Waals surface area (Å²) in [4.78, 5) is 4.42. The van der Waals surface area contributed by atoms with Crippen molar-refractivity contribution in [2.24, 2.45) is 0 Å². The number of anilines is 1. The van der Waals surface area contributed by atoms with E-state index in [0.29, 0.717) is 6.04 Å². The number of nitrogens with zero attached hydrogens (tertiary/aromatic N) is 1. The van der Waals surface area contributed by atoms with Gasteiger partial charge in [-0.25, -0.2) is 4.98 Å². The van der Waals surface area contributed by atoms with Gasteiger partial charge in [-0.2, -0.15) is 0 Å². The van der Waals surface area contributed by atoms with Gasteiger partial charge in [0.05, 0.1) is 7.11 Å². The van der Waals surface area contributed by atoms with E-state index in [4.69, 9.17) is 9.47 Å². The van der Waals surface area contributed by atoms with Gasteiger partial charge in [-0.05, 0) is 32.4 Å². The van der Waals surface area contributed by atoms with Crippen LogP contribution in [0.3, 0.4) is 0 Å². The Bertz CT molecular complexity index is 329. The molecule has 1 N–H and O–H groups in total. The van der Waals surface area contributed by atoms with Gasteiger partial charge < -0.3 is 14.8 Å². The molecular weight excluding hydrogens is 204 g/mol. The molecule has 0 bridgehead atoms. The number of pyridine rings is 1. The predicted molar refractivity (Wildman–Crippen MR) is 65.1 cm³/mol. The van der Waals surface area contributed by atoms with E-state index in [2.05, 4.69) is 17.2 Å². The first-order chi connectivity index (χ1) is 7.67. The molecule has 0 radical (unpaired) electrons. The monoisotopic (exact) mass is 224 g/mol. The fourth-order valence-corrected chi connectivity index (χ4v) is 1.41. The van der Waals surface area contributed by atoms with Crippen LogP contribution in [-0.2, 0) is 4.74 Å². The van der Waals surface area contributed by atoms with Gasteiger partial charge in [0, 0.05) is 25.5 Å². The molecule has 0 aromatic carbocycles. The first kappa shape index (κ1) is 12.8. The standard InChI is InChI=1S/C12H20N2O2/c1-9-5-6-11(16-4)12(13-9)14-10(2)7-8-15-3/h5-6,10H,7-8H2,1-4H3,(H,13,14). The summed E-state index contributed by atoms with van der Waals surface area (Å²) in [5.74, 6) is 1.57. The highest BCUT2D eigenvalue weighted by molar-refractivity contribution is 5.51. The van der Waals surface area contributed by atoms with Crippen molar-refractivity contribution < 1.29 is 9.47 Å². The van der Waals surface area contributed by atoms with Crippen molar-refractivity contribution in [1.29, 1.82) is 0 Å². The second-order valence-corrected chi connectivity index (χ2v) is 3.83. The van der Waals surface area contributed by atoms with Crippen LogP contribution in [0, 0.1) is 6.92 Å². The molecule has 4 nitrogen and oxygen atoms in total. The topological polar surface area (TPSA) is 43.4 Å². The zero-order valence-electron chi connectivity index (χ0n) is 10.4. The molecule has 1 atom stereocenters. The van der Waals surface area contributed by atoms with Crippen molar-refractivity contribution in [3.8, 4) is 5.75 Å². The molecule has 4 heteroatoms. The van der Waals surface area contributed by atoms with E-state index in [1.54, 1.807) is 14.2 Å². The maximum Gasteiger partial charge on any atom is 0.169 e. The number of nitrogens with one attached hydrogen (secondary N) is 1. The molecule has 0 spiro atoms. The molecule has 16 heavy (non-hydrogen) atoms. The Morgan fingerprint density at radius 3 is 2.75 bits per heavy atom. The number of aromatic nitrogens is 1. The summed E-state index contributed by atoms with van der Waals surface area (Å²) in [5.41, 5.74) is 0.974. The second-order valence-electron chi connectivity index (χ2n) is 3.83. The van der Waals surface area contributed by atoms with Gasteiger partial charge in [0.1, 0.15) is 0 Å². The fraction of sp³-hybridized carbons (Fsp3) is 0.583. The molecule has 0 aliphatic rings. The Kier molecular flexibility index (Phi) is 5.05. The van der Waals surface area contributed by atoms with E-state index < -0.39 is 0 Å². The zero-order valence-corrected chi connectivity index (χ0v) is 10.4. The minimum Gasteiger partial charge on any atom is -0.493 e. The Morgan fingerprint density at radius 1 is 1.38 bits per heavy atom. The van der Waals surface area contributed by atoms with Crippen molar-refractivity contribution in [3.05, 3.63) is 17.8 Å². The molecule has 0 saturated heterocycles. The molecule has 1 aromatic heterocycles. The summed E-state index contributed by atoms with van der Waals surface area (Å²) in [7, 11) is 3.36. The highest BCUT2D eigenvalue weighted by atomic mass is 16.5. The highest BCUT2D eigenvalue weighted by Crippen LogP contribution is 2.22. The van der Waals surface area contributed by atoms with Crippen LogP contribution < -0.4 is 10.1 Å². The quantitative estimate of drug-likeness (QED) is 0.804. The molecule has 1 unspecified atom stereocenters. The Hall–Kier alpha value is -1.29. The number of rotatable bonds is 6. The number of aryl methyl sites for hydroxylation is 1. The van der Waals surface area contributed by atoms with Crippen molar-refractivity contribution in [3.63, 3.8) is 0 Å². The SMILES string of the molecule is COCCC(C)Nc1nc(C)ccc1OC. The molecule has 1 rings (SSSR count). The molecule has 0 amide bonds. The fourth-order valence-electron chi connectivity index (χ4n) is 1.41. The summed E-state index contributed by atoms with van der Waals surface area (Å²) in [5, 5.41) is 3.32. The lowest BCUT2D eigenvalue weighted by Crippen LogP contribution is -2.18. The summed E-state index contributed by atoms with van der Waals surface area (Å²) >= 11 is 0. The van der Waals surface area contributed by atoms with Crippen LogP contribution >= 0.6 is 0 Å². The van der Waals surface area contributed by atoms with Crippen molar-refractivity contribution in [1.82, 2.24) is 4.98 Å². The van der Waals surface area contributed by atoms with E-state index >= 15 is 0 Å². The van der Waals surface area contributed by atoms with Crippen LogP contribution in [0.5, 0.6) is 5.75 Å². The van der Waals surface area contributed by atoms with Crippen LogP contribution in [-0.4, -0.2) is 31.9 Å². The normalized spacial score (nSPS) is 12.2. The smallest absolute Gasteiger partial charge is 0.169 e. The van der Waals surface area contributed by atoms with Gasteiger partial charge in [0.15, 0.2) is 11.6 Å². The lowest BCUT2D eigenvalue weighted by molar-refractivity contribution is 0.191. The average molecular weight is 224 g/mol. The number of ether oxygens (including phenoxy) is 2. The minimum atomic E-state index is 0.308. The first-order valence-corrected chi connectivity index (χ1v) is 5.44. The number of hydrogen-bond donors (Lipinski definition) is 1. The van der Waals surface area contributed by atoms with E-state index in [1.807, 2.05) is 19.1 Å². The van der Waals surface area contributed by atoms with E-state index in [1.165, 1.54) is 0 Å². The van der Waals surface area contributed by atoms with Crippen LogP contribution in [0.15, 0.2) is 12.1 Å². The van der Waals surface area contributed by atoms with Crippen LogP contribution in [0.2, 0.25) is 0 Å². The van der Waals surface area contributed by atoms with Crippen LogP contribution in [0.4, 0.5) is 5.82 Å². The van der Waals surface area contributed by atoms with E-state index in [9.17, 15) is 0 Å². The van der Waals surface area contributed by atoms with Gasteiger partial charge in [-0.3, -0.25) is 0 Å². The van der Waals surface area contributed by atoms with E-state index in [0.717, 1.165) is 30.3 Å². The maximum atomic E-state index is 5.25. The van der Waals surface area contributed by atoms with Gasteiger partial charge in [-0.1, -0.05) is 0 Å². The Balaban J connectivity index is 2.67. The summed E-state index contributed by atoms with van der Waals surface area (Å²) < 4.78 is 10.3. The van der Waals surface area contributed by atoms with Gasteiger partial charge in [-0.15, -0.1) is 0 Å². The van der Waals surface area contributed by atoms with Crippen molar-refractivity contribution in [2.75, 3.05) is 26.1 Å². The summed E-state index contributed by atoms with van der Waals surface area (Å²) in [6.07, 6.45) is 0.940. The predicted octanol–water partition coefficient (Wildman–Crippen LogP) is 2.24. The molecular formula is C12H20N2O2. The first-order valence-electron chi connectivity index (χ1n) is 5.44. The van der Waals surface area contributed by atoms with Gasteiger partial charge in [0.25, 0.3) is 0 Å². The minimum absolute atomic E-state index is 0.308. The molecule has 0 fully saturated rings. The summed E-state index contributed by atoms with van der Waals surface area (Å²) in [6, 6.07) is 4.17. The van der Waals surface area contributed by atoms with Gasteiger partial charge in [0.2, 0.25) is 0 Å². The highest BCUT2D eigenvalue weighted by Gasteiger charge is 2.08. The largest absolute Gasteiger partial charge is 0.493 e. The molecule has 0 aliphatic heterocycles. The third-order valence-corrected chi connectivity index (χ3v) is 2.36. The number of hydrogen-bond acceptors (Lipinski definition) is 4. The summed E-state index contributed by atoms with van der Waals surface area (Å²) in [6.45, 7) is 4.80. The second kappa shape index (κ2) is 6.33. The molecule has 0 saturated carbocycles. The van der Waals surface area contributed by atoms with Crippen molar-refractivity contribution in [2.45, 2.75) is 26.3 Å². The number of methoxy groups -OCH3 is 2. The zero-order chi connectivity index (χ0) is 12.0. The van der Waals surface area contributed by atoms with E-state index in [-0.39, 0.29) is 0 Å². The average Bonchev–Trinajstić information content (AvgIpc) is 2.27. The molecule has 1 aromatic rings. The molecule has 0 aliphatic carbocycles. The van der Waals surface area contributed by atoms with Crippen molar-refractivity contribution >= 4 is 5.82 Å².